The van der Waals surface area contributed by atoms with E-state index in [1.807, 2.05) is 31.2 Å². The number of rotatable bonds is 5. The Bertz CT molecular complexity index is 520. The van der Waals surface area contributed by atoms with Gasteiger partial charge in [0.05, 0.1) is 12.3 Å². The molecule has 0 spiro atoms. The quantitative estimate of drug-likeness (QED) is 0.847. The number of nitrogens with one attached hydrogen (secondary N) is 1. The lowest BCUT2D eigenvalue weighted by atomic mass is 10.1. The molecule has 94 valence electrons. The molecule has 0 unspecified atom stereocenters. The smallest absolute Gasteiger partial charge is 0.248 e. The zero-order chi connectivity index (χ0) is 13.0. The molecule has 0 fully saturated rings. The molecule has 0 radical (unpaired) electrons. The predicted octanol–water partition coefficient (Wildman–Crippen LogP) is 2.23. The van der Waals surface area contributed by atoms with Gasteiger partial charge in [0.25, 0.3) is 0 Å². The van der Waals surface area contributed by atoms with Gasteiger partial charge >= 0.3 is 0 Å². The molecule has 2 aromatic rings. The summed E-state index contributed by atoms with van der Waals surface area (Å²) in [5.74, 6) is 0.483. The van der Waals surface area contributed by atoms with Crippen molar-refractivity contribution in [3.63, 3.8) is 0 Å². The van der Waals surface area contributed by atoms with Gasteiger partial charge in [-0.25, -0.2) is 0 Å². The van der Waals surface area contributed by atoms with E-state index in [2.05, 4.69) is 5.32 Å². The van der Waals surface area contributed by atoms with Crippen LogP contribution in [-0.4, -0.2) is 5.91 Å². The van der Waals surface area contributed by atoms with Crippen LogP contribution in [-0.2, 0) is 6.54 Å². The zero-order valence-electron chi connectivity index (χ0n) is 10.2. The van der Waals surface area contributed by atoms with Gasteiger partial charge in [0.1, 0.15) is 5.76 Å². The third-order valence-corrected chi connectivity index (χ3v) is 2.79. The van der Waals surface area contributed by atoms with Gasteiger partial charge in [0.2, 0.25) is 5.91 Å². The Hall–Kier alpha value is -2.07. The molecule has 4 heteroatoms. The Morgan fingerprint density at radius 1 is 1.39 bits per heavy atom. The van der Waals surface area contributed by atoms with Crippen LogP contribution in [0.5, 0.6) is 0 Å². The second-order valence-electron chi connectivity index (χ2n) is 4.18. The maximum absolute atomic E-state index is 11.1. The number of carbonyl (C=O) groups is 1. The fraction of sp³-hybridized carbons (Fsp3) is 0.214. The Balaban J connectivity index is 1.98. The highest BCUT2D eigenvalue weighted by Crippen LogP contribution is 2.13. The third kappa shape index (κ3) is 2.99. The molecule has 1 atom stereocenters. The van der Waals surface area contributed by atoms with E-state index >= 15 is 0 Å². The third-order valence-electron chi connectivity index (χ3n) is 2.79. The van der Waals surface area contributed by atoms with Crippen LogP contribution in [0.25, 0.3) is 0 Å². The second-order valence-corrected chi connectivity index (χ2v) is 4.18. The van der Waals surface area contributed by atoms with Crippen LogP contribution in [0, 0.1) is 0 Å². The first-order valence-electron chi connectivity index (χ1n) is 5.82. The number of amides is 1. The van der Waals surface area contributed by atoms with Crippen LogP contribution in [0.1, 0.15) is 34.6 Å². The SMILES string of the molecule is C[C@H](NCc1cccc(C(N)=O)c1)c1ccco1. The van der Waals surface area contributed by atoms with Crippen molar-refractivity contribution in [1.29, 1.82) is 0 Å². The van der Waals surface area contributed by atoms with E-state index in [1.165, 1.54) is 0 Å². The van der Waals surface area contributed by atoms with E-state index in [0.717, 1.165) is 11.3 Å². The summed E-state index contributed by atoms with van der Waals surface area (Å²) in [4.78, 5) is 11.1. The first kappa shape index (κ1) is 12.4. The second kappa shape index (κ2) is 5.51. The number of benzene rings is 1. The van der Waals surface area contributed by atoms with Gasteiger partial charge in [-0.15, -0.1) is 0 Å². The van der Waals surface area contributed by atoms with Gasteiger partial charge in [0.15, 0.2) is 0 Å². The largest absolute Gasteiger partial charge is 0.468 e. The van der Waals surface area contributed by atoms with Crippen molar-refractivity contribution in [2.45, 2.75) is 19.5 Å². The van der Waals surface area contributed by atoms with Crippen LogP contribution in [0.4, 0.5) is 0 Å². The lowest BCUT2D eigenvalue weighted by molar-refractivity contribution is 0.1000. The molecule has 1 aromatic heterocycles. The summed E-state index contributed by atoms with van der Waals surface area (Å²) in [6.07, 6.45) is 1.65. The highest BCUT2D eigenvalue weighted by Gasteiger charge is 2.07. The Labute approximate surface area is 106 Å². The van der Waals surface area contributed by atoms with E-state index in [4.69, 9.17) is 10.2 Å². The van der Waals surface area contributed by atoms with E-state index in [9.17, 15) is 4.79 Å². The van der Waals surface area contributed by atoms with Crippen molar-refractivity contribution < 1.29 is 9.21 Å². The van der Waals surface area contributed by atoms with Gasteiger partial charge in [-0.1, -0.05) is 12.1 Å². The zero-order valence-corrected chi connectivity index (χ0v) is 10.2. The minimum Gasteiger partial charge on any atom is -0.468 e. The molecule has 0 bridgehead atoms. The first-order valence-corrected chi connectivity index (χ1v) is 5.82. The molecule has 0 aliphatic carbocycles. The molecule has 1 amide bonds. The van der Waals surface area contributed by atoms with Crippen LogP contribution < -0.4 is 11.1 Å². The molecule has 0 saturated carbocycles. The minimum atomic E-state index is -0.407. The molecule has 0 saturated heterocycles. The van der Waals surface area contributed by atoms with Crippen molar-refractivity contribution in [1.82, 2.24) is 5.32 Å². The number of hydrogen-bond donors (Lipinski definition) is 2. The molecule has 18 heavy (non-hydrogen) atoms. The first-order chi connectivity index (χ1) is 8.66. The molecule has 1 aromatic carbocycles. The molecule has 0 aliphatic heterocycles. The Morgan fingerprint density at radius 3 is 2.89 bits per heavy atom. The summed E-state index contributed by atoms with van der Waals surface area (Å²) in [5.41, 5.74) is 6.79. The summed E-state index contributed by atoms with van der Waals surface area (Å²) in [6, 6.07) is 11.2. The lowest BCUT2D eigenvalue weighted by Gasteiger charge is -2.11. The molecule has 2 rings (SSSR count). The number of nitrogens with two attached hydrogens (primary N) is 1. The van der Waals surface area contributed by atoms with E-state index in [-0.39, 0.29) is 6.04 Å². The van der Waals surface area contributed by atoms with Crippen LogP contribution >= 0.6 is 0 Å². The minimum absolute atomic E-state index is 0.122. The molecule has 4 nitrogen and oxygen atoms in total. The average molecular weight is 244 g/mol. The van der Waals surface area contributed by atoms with E-state index in [0.29, 0.717) is 12.1 Å². The maximum Gasteiger partial charge on any atom is 0.248 e. The fourth-order valence-corrected chi connectivity index (χ4v) is 1.74. The van der Waals surface area contributed by atoms with E-state index in [1.54, 1.807) is 18.4 Å². The standard InChI is InChI=1S/C14H16N2O2/c1-10(13-6-3-7-18-13)16-9-11-4-2-5-12(8-11)14(15)17/h2-8,10,16H,9H2,1H3,(H2,15,17)/t10-/m0/s1. The topological polar surface area (TPSA) is 68.3 Å². The predicted molar refractivity (Wildman–Crippen MR) is 68.9 cm³/mol. The lowest BCUT2D eigenvalue weighted by Crippen LogP contribution is -2.18. The Kier molecular flexibility index (Phi) is 3.79. The number of carbonyl (C=O) groups excluding carboxylic acids is 1. The summed E-state index contributed by atoms with van der Waals surface area (Å²) in [6.45, 7) is 2.68. The van der Waals surface area contributed by atoms with Crippen LogP contribution in [0.15, 0.2) is 47.1 Å². The highest BCUT2D eigenvalue weighted by molar-refractivity contribution is 5.92. The highest BCUT2D eigenvalue weighted by atomic mass is 16.3. The van der Waals surface area contributed by atoms with Gasteiger partial charge in [-0.2, -0.15) is 0 Å². The molecular weight excluding hydrogens is 228 g/mol. The molecule has 0 aliphatic rings. The van der Waals surface area contributed by atoms with Crippen molar-refractivity contribution in [2.24, 2.45) is 5.73 Å². The van der Waals surface area contributed by atoms with Crippen LogP contribution in [0.3, 0.4) is 0 Å². The van der Waals surface area contributed by atoms with Crippen molar-refractivity contribution in [3.05, 3.63) is 59.5 Å². The summed E-state index contributed by atoms with van der Waals surface area (Å²) in [7, 11) is 0. The van der Waals surface area contributed by atoms with Gasteiger partial charge < -0.3 is 15.5 Å². The van der Waals surface area contributed by atoms with Gasteiger partial charge in [0, 0.05) is 12.1 Å². The monoisotopic (exact) mass is 244 g/mol. The van der Waals surface area contributed by atoms with Gasteiger partial charge in [-0.05, 0) is 36.8 Å². The number of primary amides is 1. The van der Waals surface area contributed by atoms with Gasteiger partial charge in [-0.3, -0.25) is 4.79 Å². The number of hydrogen-bond acceptors (Lipinski definition) is 3. The Morgan fingerprint density at radius 2 is 2.22 bits per heavy atom. The number of furan rings is 1. The summed E-state index contributed by atoms with van der Waals surface area (Å²) in [5, 5.41) is 3.32. The average Bonchev–Trinajstić information content (AvgIpc) is 2.90. The van der Waals surface area contributed by atoms with E-state index < -0.39 is 5.91 Å². The van der Waals surface area contributed by atoms with Crippen molar-refractivity contribution in [3.8, 4) is 0 Å². The summed E-state index contributed by atoms with van der Waals surface area (Å²) < 4.78 is 5.31. The van der Waals surface area contributed by atoms with Crippen LogP contribution in [0.2, 0.25) is 0 Å². The van der Waals surface area contributed by atoms with Crippen molar-refractivity contribution in [2.75, 3.05) is 0 Å². The molecular formula is C14H16N2O2. The van der Waals surface area contributed by atoms with Crippen molar-refractivity contribution >= 4 is 5.91 Å². The maximum atomic E-state index is 11.1. The summed E-state index contributed by atoms with van der Waals surface area (Å²) >= 11 is 0. The molecule has 3 N–H and O–H groups in total. The molecule has 1 heterocycles. The fourth-order valence-electron chi connectivity index (χ4n) is 1.74. The normalized spacial score (nSPS) is 12.3.